The minimum Gasteiger partial charge on any atom is -0.271 e. The molecule has 3 heteroatoms. The molecule has 0 amide bonds. The van der Waals surface area contributed by atoms with Crippen LogP contribution in [0.5, 0.6) is 0 Å². The van der Waals surface area contributed by atoms with E-state index in [1.807, 2.05) is 6.07 Å². The molecule has 0 aliphatic carbocycles. The van der Waals surface area contributed by atoms with Crippen molar-refractivity contribution in [2.24, 2.45) is 0 Å². The van der Waals surface area contributed by atoms with E-state index in [0.717, 1.165) is 0 Å². The number of nitrogens with zero attached hydrogens (tertiary/aromatic N) is 1. The molecular formula is C8H5Cl2N. The van der Waals surface area contributed by atoms with Gasteiger partial charge in [0.1, 0.15) is 0 Å². The van der Waals surface area contributed by atoms with Crippen molar-refractivity contribution in [2.75, 3.05) is 0 Å². The summed E-state index contributed by atoms with van der Waals surface area (Å²) < 4.78 is -1.43. The summed E-state index contributed by atoms with van der Waals surface area (Å²) in [6.45, 7) is 6.70. The van der Waals surface area contributed by atoms with Crippen molar-refractivity contribution in [3.63, 3.8) is 0 Å². The number of alkyl halides is 2. The monoisotopic (exact) mass is 185 g/mol. The summed E-state index contributed by atoms with van der Waals surface area (Å²) in [4.78, 5) is 3.07. The molecule has 0 saturated carbocycles. The highest BCUT2D eigenvalue weighted by molar-refractivity contribution is 6.48. The van der Waals surface area contributed by atoms with E-state index in [4.69, 9.17) is 29.8 Å². The van der Waals surface area contributed by atoms with Gasteiger partial charge in [-0.3, -0.25) is 4.85 Å². The zero-order valence-electron chi connectivity index (χ0n) is 5.59. The molecule has 0 atom stereocenters. The van der Waals surface area contributed by atoms with Gasteiger partial charge in [-0.25, -0.2) is 6.57 Å². The second kappa shape index (κ2) is 3.13. The lowest BCUT2D eigenvalue weighted by Gasteiger charge is -2.04. The van der Waals surface area contributed by atoms with E-state index in [2.05, 4.69) is 4.85 Å². The second-order valence-corrected chi connectivity index (χ2v) is 3.31. The van der Waals surface area contributed by atoms with Crippen LogP contribution < -0.4 is 0 Å². The smallest absolute Gasteiger partial charge is 0.271 e. The molecule has 0 heterocycles. The molecule has 0 radical (unpaired) electrons. The van der Waals surface area contributed by atoms with Gasteiger partial charge in [0.05, 0.1) is 5.56 Å². The Bertz CT molecular complexity index is 274. The molecule has 56 valence electrons. The Balaban J connectivity index is 3.05. The normalized spacial score (nSPS) is 10.6. The average Bonchev–Trinajstić information content (AvgIpc) is 2.06. The van der Waals surface area contributed by atoms with Crippen molar-refractivity contribution in [1.82, 2.24) is 0 Å². The molecule has 1 aromatic carbocycles. The standard InChI is InChI=1S/C8H5Cl2N/c1-11-8(9,10)7-5-3-2-4-6-7/h2-6H. The predicted octanol–water partition coefficient (Wildman–Crippen LogP) is 3.19. The van der Waals surface area contributed by atoms with Crippen LogP contribution in [0.15, 0.2) is 30.3 Å². The minimum atomic E-state index is -1.43. The Kier molecular flexibility index (Phi) is 2.38. The van der Waals surface area contributed by atoms with Crippen molar-refractivity contribution in [2.45, 2.75) is 4.46 Å². The van der Waals surface area contributed by atoms with E-state index in [-0.39, 0.29) is 0 Å². The first-order valence-electron chi connectivity index (χ1n) is 2.99. The molecule has 0 aliphatic rings. The van der Waals surface area contributed by atoms with Gasteiger partial charge >= 0.3 is 4.46 Å². The largest absolute Gasteiger partial charge is 0.408 e. The summed E-state index contributed by atoms with van der Waals surface area (Å²) in [7, 11) is 0. The number of rotatable bonds is 1. The number of hydrogen-bond donors (Lipinski definition) is 0. The first-order valence-corrected chi connectivity index (χ1v) is 3.74. The Morgan fingerprint density at radius 1 is 1.18 bits per heavy atom. The van der Waals surface area contributed by atoms with Crippen molar-refractivity contribution in [3.05, 3.63) is 47.3 Å². The lowest BCUT2D eigenvalue weighted by atomic mass is 10.2. The van der Waals surface area contributed by atoms with E-state index in [0.29, 0.717) is 5.56 Å². The molecule has 0 N–H and O–H groups in total. The van der Waals surface area contributed by atoms with Gasteiger partial charge in [-0.05, 0) is 35.3 Å². The molecule has 11 heavy (non-hydrogen) atoms. The maximum absolute atomic E-state index is 6.70. The van der Waals surface area contributed by atoms with Gasteiger partial charge in [0.2, 0.25) is 0 Å². The highest BCUT2D eigenvalue weighted by Crippen LogP contribution is 2.34. The summed E-state index contributed by atoms with van der Waals surface area (Å²) in [5, 5.41) is 0. The Morgan fingerprint density at radius 3 is 2.18 bits per heavy atom. The molecule has 0 unspecified atom stereocenters. The van der Waals surface area contributed by atoms with Crippen LogP contribution in [0.25, 0.3) is 4.85 Å². The zero-order valence-corrected chi connectivity index (χ0v) is 7.10. The SMILES string of the molecule is [C-]#[N+]C(Cl)(Cl)c1ccccc1. The average molecular weight is 186 g/mol. The van der Waals surface area contributed by atoms with Crippen LogP contribution in [0.3, 0.4) is 0 Å². The number of hydrogen-bond acceptors (Lipinski definition) is 0. The molecule has 0 saturated heterocycles. The van der Waals surface area contributed by atoms with Gasteiger partial charge in [0.25, 0.3) is 0 Å². The summed E-state index contributed by atoms with van der Waals surface area (Å²) in [6, 6.07) is 8.87. The van der Waals surface area contributed by atoms with Crippen LogP contribution in [-0.4, -0.2) is 0 Å². The van der Waals surface area contributed by atoms with E-state index < -0.39 is 4.46 Å². The zero-order chi connectivity index (χ0) is 8.32. The van der Waals surface area contributed by atoms with Crippen molar-refractivity contribution < 1.29 is 0 Å². The first-order chi connectivity index (χ1) is 5.17. The van der Waals surface area contributed by atoms with E-state index in [1.54, 1.807) is 24.3 Å². The third-order valence-corrected chi connectivity index (χ3v) is 1.87. The lowest BCUT2D eigenvalue weighted by molar-refractivity contribution is 1.09. The molecule has 1 rings (SSSR count). The summed E-state index contributed by atoms with van der Waals surface area (Å²) in [5.41, 5.74) is 0.610. The van der Waals surface area contributed by atoms with E-state index in [9.17, 15) is 0 Å². The van der Waals surface area contributed by atoms with Gasteiger partial charge in [0.15, 0.2) is 0 Å². The Morgan fingerprint density at radius 2 is 1.73 bits per heavy atom. The number of halogens is 2. The lowest BCUT2D eigenvalue weighted by Crippen LogP contribution is -2.02. The van der Waals surface area contributed by atoms with Crippen LogP contribution in [0.2, 0.25) is 0 Å². The minimum absolute atomic E-state index is 0.610. The fourth-order valence-corrected chi connectivity index (χ4v) is 0.955. The molecular weight excluding hydrogens is 181 g/mol. The van der Waals surface area contributed by atoms with E-state index >= 15 is 0 Å². The van der Waals surface area contributed by atoms with E-state index in [1.165, 1.54) is 0 Å². The van der Waals surface area contributed by atoms with Gasteiger partial charge in [-0.1, -0.05) is 18.2 Å². The molecule has 0 bridgehead atoms. The van der Waals surface area contributed by atoms with Gasteiger partial charge in [-0.2, -0.15) is 0 Å². The third kappa shape index (κ3) is 1.86. The van der Waals surface area contributed by atoms with Crippen molar-refractivity contribution in [3.8, 4) is 0 Å². The van der Waals surface area contributed by atoms with Gasteiger partial charge in [-0.15, -0.1) is 0 Å². The Labute approximate surface area is 75.4 Å². The van der Waals surface area contributed by atoms with Crippen LogP contribution in [-0.2, 0) is 4.46 Å². The van der Waals surface area contributed by atoms with Gasteiger partial charge in [0, 0.05) is 0 Å². The summed E-state index contributed by atoms with van der Waals surface area (Å²) >= 11 is 11.3. The molecule has 0 aliphatic heterocycles. The van der Waals surface area contributed by atoms with Crippen LogP contribution in [0, 0.1) is 6.57 Å². The fraction of sp³-hybridized carbons (Fsp3) is 0.125. The summed E-state index contributed by atoms with van der Waals surface area (Å²) in [5.74, 6) is 0. The van der Waals surface area contributed by atoms with Crippen LogP contribution >= 0.6 is 23.2 Å². The first kappa shape index (κ1) is 8.39. The molecule has 0 spiro atoms. The highest BCUT2D eigenvalue weighted by atomic mass is 35.5. The predicted molar refractivity (Wildman–Crippen MR) is 46.4 cm³/mol. The summed E-state index contributed by atoms with van der Waals surface area (Å²) in [6.07, 6.45) is 0. The van der Waals surface area contributed by atoms with Crippen molar-refractivity contribution >= 4 is 23.2 Å². The Hall–Kier alpha value is -0.710. The third-order valence-electron chi connectivity index (χ3n) is 1.26. The molecule has 0 fully saturated rings. The van der Waals surface area contributed by atoms with Crippen molar-refractivity contribution in [1.29, 1.82) is 0 Å². The fourth-order valence-electron chi connectivity index (χ4n) is 0.703. The highest BCUT2D eigenvalue weighted by Gasteiger charge is 2.32. The molecule has 0 aromatic heterocycles. The van der Waals surface area contributed by atoms with Gasteiger partial charge < -0.3 is 0 Å². The number of benzene rings is 1. The maximum atomic E-state index is 6.70. The second-order valence-electron chi connectivity index (χ2n) is 2.02. The maximum Gasteiger partial charge on any atom is 0.408 e. The van der Waals surface area contributed by atoms with Crippen LogP contribution in [0.1, 0.15) is 5.56 Å². The topological polar surface area (TPSA) is 4.36 Å². The van der Waals surface area contributed by atoms with Crippen LogP contribution in [0.4, 0.5) is 0 Å². The quantitative estimate of drug-likeness (QED) is 0.360. The molecule has 1 nitrogen and oxygen atoms in total. The molecule has 1 aromatic rings.